The molecule has 1 aromatic carbocycles. The van der Waals surface area contributed by atoms with Gasteiger partial charge in [-0.05, 0) is 12.1 Å². The van der Waals surface area contributed by atoms with Gasteiger partial charge in [0, 0.05) is 12.1 Å². The zero-order valence-corrected chi connectivity index (χ0v) is 10.3. The monoisotopic (exact) mass is 293 g/mol. The first-order chi connectivity index (χ1) is 8.81. The van der Waals surface area contributed by atoms with Crippen molar-refractivity contribution in [3.05, 3.63) is 34.4 Å². The summed E-state index contributed by atoms with van der Waals surface area (Å²) in [4.78, 5) is 9.82. The minimum Gasteiger partial charge on any atom is -0.491 e. The number of nitro benzene ring substituents is 1. The Morgan fingerprint density at radius 2 is 1.89 bits per heavy atom. The van der Waals surface area contributed by atoms with E-state index in [1.807, 2.05) is 0 Å². The van der Waals surface area contributed by atoms with Gasteiger partial charge in [-0.25, -0.2) is 4.18 Å². The maximum atomic E-state index is 10.4. The van der Waals surface area contributed by atoms with E-state index in [-0.39, 0.29) is 18.0 Å². The predicted octanol–water partition coefficient (Wildman–Crippen LogP) is 0.154. The molecule has 0 amide bonds. The van der Waals surface area contributed by atoms with Crippen LogP contribution in [-0.2, 0) is 14.6 Å². The van der Waals surface area contributed by atoms with Crippen molar-refractivity contribution in [2.24, 2.45) is 0 Å². The number of benzene rings is 1. The summed E-state index contributed by atoms with van der Waals surface area (Å²) in [5.41, 5.74) is -0.125. The van der Waals surface area contributed by atoms with E-state index in [1.54, 1.807) is 0 Å². The van der Waals surface area contributed by atoms with Gasteiger partial charge in [0.25, 0.3) is 5.69 Å². The Morgan fingerprint density at radius 3 is 2.32 bits per heavy atom. The summed E-state index contributed by atoms with van der Waals surface area (Å²) >= 11 is 0. The van der Waals surface area contributed by atoms with Crippen LogP contribution in [-0.4, -0.2) is 42.3 Å². The van der Waals surface area contributed by atoms with Gasteiger partial charge in [-0.3, -0.25) is 14.7 Å². The van der Waals surface area contributed by atoms with Gasteiger partial charge < -0.3 is 9.84 Å². The molecule has 0 aromatic heterocycles. The molecule has 0 aliphatic heterocycles. The van der Waals surface area contributed by atoms with Crippen LogP contribution in [0.15, 0.2) is 24.3 Å². The number of hydrogen-bond donors (Lipinski definition) is 2. The molecule has 1 aromatic rings. The second-order valence-electron chi connectivity index (χ2n) is 3.39. The lowest BCUT2D eigenvalue weighted by atomic mass is 10.3. The Bertz CT molecular complexity index is 526. The molecule has 0 fully saturated rings. The van der Waals surface area contributed by atoms with Crippen LogP contribution in [0.2, 0.25) is 0 Å². The Labute approximate surface area is 108 Å². The summed E-state index contributed by atoms with van der Waals surface area (Å²) in [7, 11) is -4.69. The topological polar surface area (TPSA) is 136 Å². The summed E-state index contributed by atoms with van der Waals surface area (Å²) in [6.07, 6.45) is -1.27. The molecular weight excluding hydrogens is 282 g/mol. The highest BCUT2D eigenvalue weighted by Gasteiger charge is 2.17. The average molecular weight is 293 g/mol. The van der Waals surface area contributed by atoms with E-state index in [4.69, 9.17) is 14.4 Å². The molecule has 0 saturated heterocycles. The van der Waals surface area contributed by atoms with Crippen molar-refractivity contribution in [1.82, 2.24) is 0 Å². The van der Waals surface area contributed by atoms with Crippen molar-refractivity contribution < 1.29 is 31.9 Å². The summed E-state index contributed by atoms with van der Waals surface area (Å²) in [6.45, 7) is -1.04. The van der Waals surface area contributed by atoms with E-state index < -0.39 is 28.0 Å². The number of nitrogens with zero attached hydrogens (tertiary/aromatic N) is 1. The Kier molecular flexibility index (Phi) is 5.18. The smallest absolute Gasteiger partial charge is 0.397 e. The van der Waals surface area contributed by atoms with Crippen LogP contribution in [0, 0.1) is 10.1 Å². The number of nitro groups is 1. The molecular formula is C9H11NO8S. The van der Waals surface area contributed by atoms with E-state index >= 15 is 0 Å². The highest BCUT2D eigenvalue weighted by molar-refractivity contribution is 7.80. The first kappa shape index (κ1) is 15.3. The minimum atomic E-state index is -4.69. The molecule has 10 heteroatoms. The van der Waals surface area contributed by atoms with Gasteiger partial charge in [-0.2, -0.15) is 8.42 Å². The average Bonchev–Trinajstić information content (AvgIpc) is 2.33. The molecule has 1 rings (SSSR count). The van der Waals surface area contributed by atoms with Gasteiger partial charge in [0.05, 0.1) is 11.5 Å². The van der Waals surface area contributed by atoms with Crippen LogP contribution in [0.25, 0.3) is 0 Å². The molecule has 0 heterocycles. The lowest BCUT2D eigenvalue weighted by Gasteiger charge is -2.13. The van der Waals surface area contributed by atoms with E-state index in [9.17, 15) is 18.5 Å². The van der Waals surface area contributed by atoms with Gasteiger partial charge in [-0.15, -0.1) is 0 Å². The molecule has 19 heavy (non-hydrogen) atoms. The molecule has 9 nitrogen and oxygen atoms in total. The third kappa shape index (κ3) is 5.61. The fourth-order valence-electron chi connectivity index (χ4n) is 1.14. The van der Waals surface area contributed by atoms with E-state index in [0.29, 0.717) is 0 Å². The van der Waals surface area contributed by atoms with Crippen LogP contribution < -0.4 is 4.74 Å². The molecule has 2 N–H and O–H groups in total. The lowest BCUT2D eigenvalue weighted by Crippen LogP contribution is -2.28. The molecule has 1 unspecified atom stereocenters. The molecule has 0 radical (unpaired) electrons. The fourth-order valence-corrected chi connectivity index (χ4v) is 1.60. The highest BCUT2D eigenvalue weighted by Crippen LogP contribution is 2.17. The Morgan fingerprint density at radius 1 is 1.32 bits per heavy atom. The Hall–Kier alpha value is -1.75. The predicted molar refractivity (Wildman–Crippen MR) is 62.1 cm³/mol. The van der Waals surface area contributed by atoms with Gasteiger partial charge >= 0.3 is 10.4 Å². The fraction of sp³-hybridized carbons (Fsp3) is 0.333. The molecule has 0 bridgehead atoms. The number of aliphatic hydroxyl groups is 1. The molecule has 0 saturated carbocycles. The molecule has 0 aliphatic carbocycles. The Balaban J connectivity index is 2.57. The number of aliphatic hydroxyl groups excluding tert-OH is 1. The number of ether oxygens (including phenoxy) is 1. The van der Waals surface area contributed by atoms with Crippen molar-refractivity contribution in [2.75, 3.05) is 13.2 Å². The zero-order valence-electron chi connectivity index (χ0n) is 9.50. The van der Waals surface area contributed by atoms with Crippen molar-refractivity contribution >= 4 is 16.1 Å². The van der Waals surface area contributed by atoms with Gasteiger partial charge in [0.15, 0.2) is 0 Å². The number of hydrogen-bond acceptors (Lipinski definition) is 7. The van der Waals surface area contributed by atoms with Crippen LogP contribution in [0.5, 0.6) is 5.75 Å². The highest BCUT2D eigenvalue weighted by atomic mass is 32.3. The second-order valence-corrected chi connectivity index (χ2v) is 4.44. The first-order valence-electron chi connectivity index (χ1n) is 4.95. The molecule has 1 atom stereocenters. The third-order valence-corrected chi connectivity index (χ3v) is 2.46. The summed E-state index contributed by atoms with van der Waals surface area (Å²) in [5, 5.41) is 19.2. The molecule has 0 spiro atoms. The third-order valence-electron chi connectivity index (χ3n) is 1.94. The maximum absolute atomic E-state index is 10.4. The van der Waals surface area contributed by atoms with E-state index in [0.717, 1.165) is 0 Å². The van der Waals surface area contributed by atoms with Gasteiger partial charge in [0.2, 0.25) is 0 Å². The SMILES string of the molecule is O=[N+]([O-])c1ccc(OCC(CO)OS(=O)(=O)O)cc1. The summed E-state index contributed by atoms with van der Waals surface area (Å²) < 4.78 is 38.4. The molecule has 106 valence electrons. The minimum absolute atomic E-state index is 0.125. The largest absolute Gasteiger partial charge is 0.491 e. The van der Waals surface area contributed by atoms with Crippen molar-refractivity contribution in [1.29, 1.82) is 0 Å². The maximum Gasteiger partial charge on any atom is 0.397 e. The van der Waals surface area contributed by atoms with Crippen LogP contribution in [0.4, 0.5) is 5.69 Å². The first-order valence-corrected chi connectivity index (χ1v) is 6.32. The standard InChI is InChI=1S/C9H11NO8S/c11-5-9(18-19(14,15)16)6-17-8-3-1-7(2-4-8)10(12)13/h1-4,9,11H,5-6H2,(H,14,15,16). The van der Waals surface area contributed by atoms with Crippen LogP contribution >= 0.6 is 0 Å². The van der Waals surface area contributed by atoms with Crippen molar-refractivity contribution in [2.45, 2.75) is 6.10 Å². The normalized spacial score (nSPS) is 12.9. The second kappa shape index (κ2) is 6.43. The van der Waals surface area contributed by atoms with Gasteiger partial charge in [0.1, 0.15) is 18.5 Å². The van der Waals surface area contributed by atoms with Gasteiger partial charge in [-0.1, -0.05) is 0 Å². The van der Waals surface area contributed by atoms with Crippen LogP contribution in [0.3, 0.4) is 0 Å². The van der Waals surface area contributed by atoms with Crippen molar-refractivity contribution in [3.63, 3.8) is 0 Å². The van der Waals surface area contributed by atoms with E-state index in [1.165, 1.54) is 24.3 Å². The summed E-state index contributed by atoms with van der Waals surface area (Å²) in [6, 6.07) is 5.01. The molecule has 0 aliphatic rings. The number of rotatable bonds is 7. The van der Waals surface area contributed by atoms with E-state index in [2.05, 4.69) is 4.18 Å². The quantitative estimate of drug-likeness (QED) is 0.412. The lowest BCUT2D eigenvalue weighted by molar-refractivity contribution is -0.384. The van der Waals surface area contributed by atoms with Crippen molar-refractivity contribution in [3.8, 4) is 5.75 Å². The zero-order chi connectivity index (χ0) is 14.5. The van der Waals surface area contributed by atoms with Crippen LogP contribution in [0.1, 0.15) is 0 Å². The number of non-ortho nitro benzene ring substituents is 1. The summed E-state index contributed by atoms with van der Waals surface area (Å²) in [5.74, 6) is 0.225.